The monoisotopic (exact) mass is 253 g/mol. The number of pyridine rings is 1. The lowest BCUT2D eigenvalue weighted by molar-refractivity contribution is 0.0925. The second-order valence-corrected chi connectivity index (χ2v) is 4.47. The van der Waals surface area contributed by atoms with Crippen LogP contribution in [0.15, 0.2) is 18.5 Å². The molecule has 0 amide bonds. The first-order chi connectivity index (χ1) is 8.59. The first-order valence-corrected chi connectivity index (χ1v) is 6.11. The molecule has 0 aliphatic heterocycles. The minimum Gasteiger partial charge on any atom is -0.490 e. The van der Waals surface area contributed by atoms with Gasteiger partial charge in [0.25, 0.3) is 0 Å². The zero-order valence-corrected chi connectivity index (χ0v) is 10.9. The molecule has 0 saturated heterocycles. The van der Waals surface area contributed by atoms with Gasteiger partial charge in [-0.2, -0.15) is 0 Å². The molecule has 0 atom stereocenters. The predicted octanol–water partition coefficient (Wildman–Crippen LogP) is 0.203. The lowest BCUT2D eigenvalue weighted by Gasteiger charge is -2.09. The van der Waals surface area contributed by atoms with Gasteiger partial charge in [0.1, 0.15) is 12.4 Å². The van der Waals surface area contributed by atoms with E-state index in [1.54, 1.807) is 6.07 Å². The summed E-state index contributed by atoms with van der Waals surface area (Å²) in [4.78, 5) is 3.86. The number of rotatable bonds is 8. The first kappa shape index (κ1) is 15.0. The van der Waals surface area contributed by atoms with Gasteiger partial charge in [-0.15, -0.1) is 0 Å². The molecule has 1 heterocycles. The summed E-state index contributed by atoms with van der Waals surface area (Å²) in [5, 5.41) is 18.0. The number of aromatic nitrogens is 1. The van der Waals surface area contributed by atoms with Crippen molar-refractivity contribution in [2.24, 2.45) is 5.92 Å². The smallest absolute Gasteiger partial charge is 0.490 e. The van der Waals surface area contributed by atoms with Gasteiger partial charge in [0.2, 0.25) is 0 Å². The van der Waals surface area contributed by atoms with Crippen molar-refractivity contribution >= 4 is 12.6 Å². The number of hydrogen-bond acceptors (Lipinski definition) is 5. The van der Waals surface area contributed by atoms with Crippen molar-refractivity contribution in [1.29, 1.82) is 0 Å². The Balaban J connectivity index is 2.21. The number of nitrogens with zero attached hydrogens (tertiary/aromatic N) is 1. The van der Waals surface area contributed by atoms with E-state index in [2.05, 4.69) is 18.8 Å². The van der Waals surface area contributed by atoms with Gasteiger partial charge in [-0.3, -0.25) is 4.98 Å². The molecule has 0 saturated carbocycles. The summed E-state index contributed by atoms with van der Waals surface area (Å²) in [7, 11) is -1.52. The third-order valence-corrected chi connectivity index (χ3v) is 2.37. The summed E-state index contributed by atoms with van der Waals surface area (Å²) in [6.07, 6.45) is 3.95. The van der Waals surface area contributed by atoms with Crippen molar-refractivity contribution in [3.63, 3.8) is 0 Å². The van der Waals surface area contributed by atoms with Gasteiger partial charge in [-0.05, 0) is 18.4 Å². The number of hydrogen-bond donors (Lipinski definition) is 2. The Labute approximate surface area is 108 Å². The first-order valence-electron chi connectivity index (χ1n) is 6.11. The van der Waals surface area contributed by atoms with E-state index in [4.69, 9.17) is 19.5 Å². The van der Waals surface area contributed by atoms with E-state index in [0.717, 1.165) is 13.0 Å². The van der Waals surface area contributed by atoms with Crippen molar-refractivity contribution < 1.29 is 19.5 Å². The van der Waals surface area contributed by atoms with Crippen LogP contribution < -0.4 is 10.2 Å². The second-order valence-electron chi connectivity index (χ2n) is 4.47. The fourth-order valence-electron chi connectivity index (χ4n) is 1.30. The molecule has 0 aliphatic rings. The summed E-state index contributed by atoms with van der Waals surface area (Å²) < 4.78 is 10.8. The van der Waals surface area contributed by atoms with Crippen LogP contribution in [0.1, 0.15) is 20.3 Å². The van der Waals surface area contributed by atoms with E-state index in [-0.39, 0.29) is 0 Å². The van der Waals surface area contributed by atoms with Gasteiger partial charge >= 0.3 is 7.12 Å². The molecule has 18 heavy (non-hydrogen) atoms. The van der Waals surface area contributed by atoms with Crippen LogP contribution in [0, 0.1) is 5.92 Å². The topological polar surface area (TPSA) is 71.8 Å². The minimum absolute atomic E-state index is 0.313. The summed E-state index contributed by atoms with van der Waals surface area (Å²) in [6, 6.07) is 1.55. The lowest BCUT2D eigenvalue weighted by atomic mass is 9.82. The highest BCUT2D eigenvalue weighted by Crippen LogP contribution is 2.05. The highest BCUT2D eigenvalue weighted by atomic mass is 16.5. The van der Waals surface area contributed by atoms with E-state index >= 15 is 0 Å². The molecule has 0 radical (unpaired) electrons. The van der Waals surface area contributed by atoms with Gasteiger partial charge < -0.3 is 19.5 Å². The molecular formula is C12H20BNO4. The Hall–Kier alpha value is -1.11. The van der Waals surface area contributed by atoms with Crippen LogP contribution in [0.4, 0.5) is 0 Å². The Morgan fingerprint density at radius 2 is 2.00 bits per heavy atom. The van der Waals surface area contributed by atoms with Crippen molar-refractivity contribution in [1.82, 2.24) is 4.98 Å². The Bertz CT molecular complexity index is 347. The molecule has 0 spiro atoms. The van der Waals surface area contributed by atoms with Gasteiger partial charge in [0.15, 0.2) is 0 Å². The zero-order valence-electron chi connectivity index (χ0n) is 10.9. The summed E-state index contributed by atoms with van der Waals surface area (Å²) >= 11 is 0. The highest BCUT2D eigenvalue weighted by molar-refractivity contribution is 6.58. The van der Waals surface area contributed by atoms with E-state index in [1.165, 1.54) is 12.4 Å². The molecule has 1 aromatic heterocycles. The largest absolute Gasteiger partial charge is 0.490 e. The maximum Gasteiger partial charge on any atom is 0.490 e. The van der Waals surface area contributed by atoms with Crippen LogP contribution in [-0.2, 0) is 4.74 Å². The fourth-order valence-corrected chi connectivity index (χ4v) is 1.30. The fraction of sp³-hybridized carbons (Fsp3) is 0.583. The van der Waals surface area contributed by atoms with Gasteiger partial charge in [0, 0.05) is 18.3 Å². The van der Waals surface area contributed by atoms with Gasteiger partial charge in [-0.25, -0.2) is 0 Å². The average Bonchev–Trinajstić information content (AvgIpc) is 2.33. The summed E-state index contributed by atoms with van der Waals surface area (Å²) in [6.45, 7) is 5.96. The quantitative estimate of drug-likeness (QED) is 0.511. The molecule has 0 aliphatic carbocycles. The Morgan fingerprint density at radius 1 is 1.22 bits per heavy atom. The van der Waals surface area contributed by atoms with Crippen LogP contribution in [-0.4, -0.2) is 42.0 Å². The number of ether oxygens (including phenoxy) is 2. The summed E-state index contributed by atoms with van der Waals surface area (Å²) in [5.74, 6) is 1.14. The average molecular weight is 253 g/mol. The SMILES string of the molecule is CC(C)CCOCCOc1cncc(B(O)O)c1. The van der Waals surface area contributed by atoms with E-state index in [0.29, 0.717) is 30.3 Å². The standard InChI is InChI=1S/C12H20BNO4/c1-10(2)3-4-17-5-6-18-12-7-11(13(15)16)8-14-9-12/h7-10,15-16H,3-6H2,1-2H3. The molecule has 1 aromatic rings. The maximum atomic E-state index is 8.98. The van der Waals surface area contributed by atoms with Crippen molar-refractivity contribution in [2.75, 3.05) is 19.8 Å². The van der Waals surface area contributed by atoms with E-state index in [1.807, 2.05) is 0 Å². The third kappa shape index (κ3) is 6.00. The molecule has 2 N–H and O–H groups in total. The summed E-state index contributed by atoms with van der Waals surface area (Å²) in [5.41, 5.74) is 0.313. The molecule has 5 nitrogen and oxygen atoms in total. The van der Waals surface area contributed by atoms with Crippen LogP contribution in [0.25, 0.3) is 0 Å². The molecule has 6 heteroatoms. The maximum absolute atomic E-state index is 8.98. The van der Waals surface area contributed by atoms with Crippen LogP contribution >= 0.6 is 0 Å². The van der Waals surface area contributed by atoms with Crippen molar-refractivity contribution in [3.8, 4) is 5.75 Å². The zero-order chi connectivity index (χ0) is 13.4. The molecular weight excluding hydrogens is 233 g/mol. The molecule has 0 aromatic carbocycles. The van der Waals surface area contributed by atoms with Gasteiger partial charge in [-0.1, -0.05) is 13.8 Å². The highest BCUT2D eigenvalue weighted by Gasteiger charge is 2.11. The van der Waals surface area contributed by atoms with Crippen molar-refractivity contribution in [3.05, 3.63) is 18.5 Å². The lowest BCUT2D eigenvalue weighted by Crippen LogP contribution is -2.30. The Morgan fingerprint density at radius 3 is 2.67 bits per heavy atom. The van der Waals surface area contributed by atoms with Gasteiger partial charge in [0.05, 0.1) is 12.8 Å². The van der Waals surface area contributed by atoms with E-state index in [9.17, 15) is 0 Å². The molecule has 0 unspecified atom stereocenters. The predicted molar refractivity (Wildman–Crippen MR) is 69.8 cm³/mol. The molecule has 100 valence electrons. The van der Waals surface area contributed by atoms with Crippen LogP contribution in [0.5, 0.6) is 5.75 Å². The second kappa shape index (κ2) is 8.08. The minimum atomic E-state index is -1.52. The normalized spacial score (nSPS) is 10.7. The molecule has 0 bridgehead atoms. The van der Waals surface area contributed by atoms with Crippen molar-refractivity contribution in [2.45, 2.75) is 20.3 Å². The van der Waals surface area contributed by atoms with Crippen LogP contribution in [0.3, 0.4) is 0 Å². The molecule has 1 rings (SSSR count). The molecule has 0 fully saturated rings. The Kier molecular flexibility index (Phi) is 6.71. The van der Waals surface area contributed by atoms with E-state index < -0.39 is 7.12 Å². The third-order valence-electron chi connectivity index (χ3n) is 2.37. The van der Waals surface area contributed by atoms with Crippen LogP contribution in [0.2, 0.25) is 0 Å².